The molecule has 3 nitrogen and oxygen atoms in total. The Bertz CT molecular complexity index is 673. The lowest BCUT2D eigenvalue weighted by atomic mass is 9.89. The van der Waals surface area contributed by atoms with E-state index in [2.05, 4.69) is 44.8 Å². The summed E-state index contributed by atoms with van der Waals surface area (Å²) < 4.78 is 11.9. The molecule has 2 aromatic rings. The third kappa shape index (κ3) is 2.61. The van der Waals surface area contributed by atoms with Crippen LogP contribution in [0.3, 0.4) is 0 Å². The van der Waals surface area contributed by atoms with Crippen molar-refractivity contribution < 1.29 is 9.31 Å². The van der Waals surface area contributed by atoms with Crippen LogP contribution in [0.15, 0.2) is 42.5 Å². The minimum Gasteiger partial charge on any atom is -0.400 e. The molecule has 1 aliphatic rings. The summed E-state index contributed by atoms with van der Waals surface area (Å²) in [5, 5.41) is 2.31. The zero-order chi connectivity index (χ0) is 15.1. The topological polar surface area (TPSA) is 31.4 Å². The lowest BCUT2D eigenvalue weighted by Crippen LogP contribution is -2.41. The quantitative estimate of drug-likeness (QED) is 0.783. The molecule has 0 bridgehead atoms. The summed E-state index contributed by atoms with van der Waals surface area (Å²) >= 11 is 0. The van der Waals surface area contributed by atoms with E-state index in [4.69, 9.17) is 9.31 Å². The summed E-state index contributed by atoms with van der Waals surface area (Å²) in [6.45, 7) is 8.21. The summed E-state index contributed by atoms with van der Waals surface area (Å²) in [5.74, 6) is 1.94. The van der Waals surface area contributed by atoms with Crippen LogP contribution in [0.5, 0.6) is 0 Å². The van der Waals surface area contributed by atoms with Crippen molar-refractivity contribution in [3.63, 3.8) is 0 Å². The maximum absolute atomic E-state index is 5.96. The van der Waals surface area contributed by atoms with E-state index in [0.717, 1.165) is 11.1 Å². The van der Waals surface area contributed by atoms with E-state index in [1.54, 1.807) is 0 Å². The van der Waals surface area contributed by atoms with Gasteiger partial charge in [0.2, 0.25) is 0 Å². The average Bonchev–Trinajstić information content (AvgIpc) is 2.64. The van der Waals surface area contributed by atoms with E-state index in [0.29, 0.717) is 0 Å². The summed E-state index contributed by atoms with van der Waals surface area (Å²) in [6, 6.07) is 10.2. The predicted molar refractivity (Wildman–Crippen MR) is 86.9 cm³/mol. The highest BCUT2D eigenvalue weighted by molar-refractivity contribution is 6.52. The summed E-state index contributed by atoms with van der Waals surface area (Å²) in [4.78, 5) is 4.44. The molecule has 0 aliphatic carbocycles. The Kier molecular flexibility index (Phi) is 3.38. The molecule has 4 heteroatoms. The van der Waals surface area contributed by atoms with Crippen molar-refractivity contribution >= 4 is 24.0 Å². The molecule has 0 saturated carbocycles. The number of pyridine rings is 1. The molecular formula is C17H20BNO2. The van der Waals surface area contributed by atoms with Gasteiger partial charge in [0.1, 0.15) is 0 Å². The Balaban J connectivity index is 1.87. The first-order valence-corrected chi connectivity index (χ1v) is 7.27. The first-order chi connectivity index (χ1) is 9.89. The third-order valence-electron chi connectivity index (χ3n) is 4.39. The molecule has 108 valence electrons. The molecule has 1 aromatic heterocycles. The van der Waals surface area contributed by atoms with Crippen LogP contribution in [0.1, 0.15) is 33.4 Å². The molecule has 1 saturated heterocycles. The van der Waals surface area contributed by atoms with Crippen LogP contribution >= 0.6 is 0 Å². The standard InChI is InChI=1S/C17H20BNO2/c1-16(2)17(3,4)21-18(20-16)11-9-15-14-8-6-5-7-13(14)10-12-19-15/h5-12H,1-4H3/b11-9+. The second-order valence-corrected chi connectivity index (χ2v) is 6.40. The molecule has 0 amide bonds. The van der Waals surface area contributed by atoms with Crippen LogP contribution in [-0.2, 0) is 9.31 Å². The minimum absolute atomic E-state index is 0.311. The fraction of sp³-hybridized carbons (Fsp3) is 0.353. The van der Waals surface area contributed by atoms with E-state index in [1.807, 2.05) is 36.4 Å². The van der Waals surface area contributed by atoms with Gasteiger partial charge in [0.05, 0.1) is 16.9 Å². The summed E-state index contributed by atoms with van der Waals surface area (Å²) in [7, 11) is -0.337. The van der Waals surface area contributed by atoms with Crippen molar-refractivity contribution in [2.24, 2.45) is 0 Å². The smallest absolute Gasteiger partial charge is 0.400 e. The van der Waals surface area contributed by atoms with Gasteiger partial charge in [0, 0.05) is 11.6 Å². The number of hydrogen-bond acceptors (Lipinski definition) is 3. The van der Waals surface area contributed by atoms with Crippen molar-refractivity contribution in [2.75, 3.05) is 0 Å². The van der Waals surface area contributed by atoms with Crippen LogP contribution < -0.4 is 0 Å². The number of fused-ring (bicyclic) bond motifs is 1. The molecule has 0 atom stereocenters. The molecule has 3 rings (SSSR count). The molecule has 1 aliphatic heterocycles. The second kappa shape index (κ2) is 4.97. The largest absolute Gasteiger partial charge is 0.487 e. The van der Waals surface area contributed by atoms with Gasteiger partial charge in [-0.2, -0.15) is 0 Å². The van der Waals surface area contributed by atoms with Gasteiger partial charge in [-0.15, -0.1) is 0 Å². The summed E-state index contributed by atoms with van der Waals surface area (Å²) in [6.07, 6.45) is 3.80. The molecule has 1 aromatic carbocycles. The lowest BCUT2D eigenvalue weighted by molar-refractivity contribution is 0.00578. The Labute approximate surface area is 126 Å². The lowest BCUT2D eigenvalue weighted by Gasteiger charge is -2.32. The van der Waals surface area contributed by atoms with Gasteiger partial charge < -0.3 is 9.31 Å². The molecule has 2 heterocycles. The van der Waals surface area contributed by atoms with Crippen LogP contribution in [0.25, 0.3) is 16.8 Å². The zero-order valence-corrected chi connectivity index (χ0v) is 13.0. The number of nitrogens with zero attached hydrogens (tertiary/aromatic N) is 1. The van der Waals surface area contributed by atoms with E-state index in [9.17, 15) is 0 Å². The highest BCUT2D eigenvalue weighted by Gasteiger charge is 2.50. The van der Waals surface area contributed by atoms with Gasteiger partial charge in [-0.25, -0.2) is 0 Å². The van der Waals surface area contributed by atoms with Gasteiger partial charge in [-0.3, -0.25) is 4.98 Å². The SMILES string of the molecule is CC1(C)OB(/C=C/c2nccc3ccccc23)OC1(C)C. The monoisotopic (exact) mass is 281 g/mol. The molecule has 0 unspecified atom stereocenters. The normalized spacial score (nSPS) is 20.5. The highest BCUT2D eigenvalue weighted by atomic mass is 16.7. The molecular weight excluding hydrogens is 261 g/mol. The zero-order valence-electron chi connectivity index (χ0n) is 13.0. The Morgan fingerprint density at radius 1 is 1.00 bits per heavy atom. The Hall–Kier alpha value is -1.65. The number of aromatic nitrogens is 1. The first-order valence-electron chi connectivity index (χ1n) is 7.27. The number of benzene rings is 1. The number of rotatable bonds is 2. The van der Waals surface area contributed by atoms with E-state index >= 15 is 0 Å². The fourth-order valence-electron chi connectivity index (χ4n) is 2.41. The van der Waals surface area contributed by atoms with Gasteiger partial charge >= 0.3 is 7.12 Å². The third-order valence-corrected chi connectivity index (χ3v) is 4.39. The van der Waals surface area contributed by atoms with E-state index in [1.165, 1.54) is 5.39 Å². The van der Waals surface area contributed by atoms with Crippen LogP contribution in [0, 0.1) is 0 Å². The molecule has 0 radical (unpaired) electrons. The summed E-state index contributed by atoms with van der Waals surface area (Å²) in [5.41, 5.74) is 0.311. The second-order valence-electron chi connectivity index (χ2n) is 6.40. The maximum Gasteiger partial charge on any atom is 0.487 e. The molecule has 21 heavy (non-hydrogen) atoms. The van der Waals surface area contributed by atoms with Crippen molar-refractivity contribution in [1.82, 2.24) is 4.98 Å². The van der Waals surface area contributed by atoms with E-state index < -0.39 is 0 Å². The molecule has 1 fully saturated rings. The van der Waals surface area contributed by atoms with E-state index in [-0.39, 0.29) is 18.3 Å². The van der Waals surface area contributed by atoms with Crippen LogP contribution in [-0.4, -0.2) is 23.3 Å². The number of hydrogen-bond donors (Lipinski definition) is 0. The minimum atomic E-state index is -0.337. The molecule has 0 N–H and O–H groups in total. The van der Waals surface area contributed by atoms with Gasteiger partial charge in [0.25, 0.3) is 0 Å². The highest BCUT2D eigenvalue weighted by Crippen LogP contribution is 2.37. The maximum atomic E-state index is 5.96. The first kappa shape index (κ1) is 14.3. The van der Waals surface area contributed by atoms with Gasteiger partial charge in [0.15, 0.2) is 0 Å². The van der Waals surface area contributed by atoms with Crippen molar-refractivity contribution in [1.29, 1.82) is 0 Å². The van der Waals surface area contributed by atoms with Crippen LogP contribution in [0.2, 0.25) is 0 Å². The fourth-order valence-corrected chi connectivity index (χ4v) is 2.41. The van der Waals surface area contributed by atoms with Gasteiger partial charge in [-0.05, 0) is 45.2 Å². The van der Waals surface area contributed by atoms with Gasteiger partial charge in [-0.1, -0.05) is 30.2 Å². The van der Waals surface area contributed by atoms with Crippen molar-refractivity contribution in [2.45, 2.75) is 38.9 Å². The molecule has 0 spiro atoms. The Morgan fingerprint density at radius 2 is 1.67 bits per heavy atom. The Morgan fingerprint density at radius 3 is 2.38 bits per heavy atom. The van der Waals surface area contributed by atoms with Crippen molar-refractivity contribution in [3.8, 4) is 0 Å². The van der Waals surface area contributed by atoms with Crippen LogP contribution in [0.4, 0.5) is 0 Å². The average molecular weight is 281 g/mol. The van der Waals surface area contributed by atoms with Crippen molar-refractivity contribution in [3.05, 3.63) is 48.2 Å². The predicted octanol–water partition coefficient (Wildman–Crippen LogP) is 3.88.